The maximum atomic E-state index is 13.9. The molecular weight excluding hydrogens is 342 g/mol. The van der Waals surface area contributed by atoms with E-state index >= 15 is 0 Å². The minimum absolute atomic E-state index is 0.237. The third-order valence-corrected chi connectivity index (χ3v) is 3.42. The van der Waals surface area contributed by atoms with Gasteiger partial charge in [-0.1, -0.05) is 22.0 Å². The highest BCUT2D eigenvalue weighted by atomic mass is 79.9. The fourth-order valence-corrected chi connectivity index (χ4v) is 2.42. The van der Waals surface area contributed by atoms with Crippen molar-refractivity contribution in [3.63, 3.8) is 0 Å². The Bertz CT molecular complexity index is 668. The van der Waals surface area contributed by atoms with Crippen molar-refractivity contribution in [2.75, 3.05) is 17.2 Å². The molecule has 3 nitrogen and oxygen atoms in total. The molecule has 2 N–H and O–H groups in total. The Balaban J connectivity index is 2.47. The molecule has 0 saturated heterocycles. The number of rotatable bonds is 3. The smallest absolute Gasteiger partial charge is 0.264 e. The summed E-state index contributed by atoms with van der Waals surface area (Å²) in [6, 6.07) is 8.70. The minimum atomic E-state index is -0.908. The Kier molecular flexibility index (Phi) is 4.57. The van der Waals surface area contributed by atoms with Crippen molar-refractivity contribution in [3.05, 3.63) is 58.1 Å². The van der Waals surface area contributed by atoms with Gasteiger partial charge in [0.1, 0.15) is 17.2 Å². The van der Waals surface area contributed by atoms with Crippen LogP contribution < -0.4 is 10.6 Å². The molecule has 2 aromatic rings. The molecule has 0 bridgehead atoms. The monoisotopic (exact) mass is 354 g/mol. The predicted octanol–water partition coefficient (Wildman–Crippen LogP) is 3.98. The highest BCUT2D eigenvalue weighted by Crippen LogP contribution is 2.24. The SMILES string of the molecule is CCN(C(=O)c1c(F)cc(Br)cc1F)c1cccc(N)c1. The Morgan fingerprint density at radius 3 is 2.38 bits per heavy atom. The number of nitrogens with two attached hydrogens (primary N) is 1. The molecule has 2 rings (SSSR count). The van der Waals surface area contributed by atoms with E-state index in [-0.39, 0.29) is 11.0 Å². The summed E-state index contributed by atoms with van der Waals surface area (Å²) in [6.07, 6.45) is 0. The molecule has 0 unspecified atom stereocenters. The van der Waals surface area contributed by atoms with Crippen LogP contribution >= 0.6 is 15.9 Å². The van der Waals surface area contributed by atoms with Gasteiger partial charge in [0, 0.05) is 22.4 Å². The number of nitrogens with zero attached hydrogens (tertiary/aromatic N) is 1. The number of carbonyl (C=O) groups is 1. The van der Waals surface area contributed by atoms with Crippen molar-refractivity contribution in [2.24, 2.45) is 0 Å². The zero-order valence-corrected chi connectivity index (χ0v) is 12.8. The topological polar surface area (TPSA) is 46.3 Å². The van der Waals surface area contributed by atoms with E-state index in [9.17, 15) is 13.6 Å². The number of anilines is 2. The Morgan fingerprint density at radius 2 is 1.86 bits per heavy atom. The lowest BCUT2D eigenvalue weighted by Gasteiger charge is -2.22. The fraction of sp³-hybridized carbons (Fsp3) is 0.133. The molecular formula is C15H13BrF2N2O. The summed E-state index contributed by atoms with van der Waals surface area (Å²) in [7, 11) is 0. The Labute approximate surface area is 129 Å². The van der Waals surface area contributed by atoms with Crippen LogP contribution in [0.5, 0.6) is 0 Å². The molecule has 110 valence electrons. The first-order valence-corrected chi connectivity index (χ1v) is 7.05. The van der Waals surface area contributed by atoms with Crippen LogP contribution in [0, 0.1) is 11.6 Å². The zero-order valence-electron chi connectivity index (χ0n) is 11.2. The van der Waals surface area contributed by atoms with Gasteiger partial charge in [0.05, 0.1) is 0 Å². The van der Waals surface area contributed by atoms with Crippen molar-refractivity contribution < 1.29 is 13.6 Å². The molecule has 0 aliphatic carbocycles. The summed E-state index contributed by atoms with van der Waals surface area (Å²) in [5.74, 6) is -2.56. The van der Waals surface area contributed by atoms with Gasteiger partial charge in [-0.05, 0) is 37.3 Å². The van der Waals surface area contributed by atoms with E-state index in [1.807, 2.05) is 0 Å². The van der Waals surface area contributed by atoms with Crippen molar-refractivity contribution >= 4 is 33.2 Å². The van der Waals surface area contributed by atoms with Gasteiger partial charge in [-0.25, -0.2) is 8.78 Å². The molecule has 21 heavy (non-hydrogen) atoms. The van der Waals surface area contributed by atoms with E-state index < -0.39 is 23.1 Å². The van der Waals surface area contributed by atoms with Gasteiger partial charge in [0.25, 0.3) is 5.91 Å². The first-order valence-electron chi connectivity index (χ1n) is 6.26. The lowest BCUT2D eigenvalue weighted by Crippen LogP contribution is -2.32. The van der Waals surface area contributed by atoms with Gasteiger partial charge in [0.2, 0.25) is 0 Å². The predicted molar refractivity (Wildman–Crippen MR) is 82.3 cm³/mol. The highest BCUT2D eigenvalue weighted by Gasteiger charge is 2.24. The van der Waals surface area contributed by atoms with E-state index in [2.05, 4.69) is 15.9 Å². The molecule has 0 radical (unpaired) electrons. The van der Waals surface area contributed by atoms with Gasteiger partial charge in [-0.15, -0.1) is 0 Å². The summed E-state index contributed by atoms with van der Waals surface area (Å²) >= 11 is 2.98. The van der Waals surface area contributed by atoms with Gasteiger partial charge in [-0.2, -0.15) is 0 Å². The van der Waals surface area contributed by atoms with Crippen LogP contribution in [0.15, 0.2) is 40.9 Å². The molecule has 1 amide bonds. The van der Waals surface area contributed by atoms with E-state index in [1.54, 1.807) is 31.2 Å². The van der Waals surface area contributed by atoms with Crippen molar-refractivity contribution in [3.8, 4) is 0 Å². The van der Waals surface area contributed by atoms with Crippen molar-refractivity contribution in [2.45, 2.75) is 6.92 Å². The normalized spacial score (nSPS) is 10.5. The Hall–Kier alpha value is -1.95. The number of nitrogen functional groups attached to an aromatic ring is 1. The molecule has 0 heterocycles. The maximum Gasteiger partial charge on any atom is 0.264 e. The second kappa shape index (κ2) is 6.22. The highest BCUT2D eigenvalue weighted by molar-refractivity contribution is 9.10. The van der Waals surface area contributed by atoms with Crippen LogP contribution in [-0.2, 0) is 0 Å². The quantitative estimate of drug-likeness (QED) is 0.847. The van der Waals surface area contributed by atoms with E-state index in [1.165, 1.54) is 4.90 Å². The molecule has 0 aliphatic heterocycles. The standard InChI is InChI=1S/C15H13BrF2N2O/c1-2-20(11-5-3-4-10(19)8-11)15(21)14-12(17)6-9(16)7-13(14)18/h3-8H,2,19H2,1H3. The van der Waals surface area contributed by atoms with E-state index in [4.69, 9.17) is 5.73 Å². The third kappa shape index (κ3) is 3.21. The third-order valence-electron chi connectivity index (χ3n) is 2.96. The van der Waals surface area contributed by atoms with E-state index in [0.717, 1.165) is 12.1 Å². The first-order chi connectivity index (χ1) is 9.93. The molecule has 0 aliphatic rings. The minimum Gasteiger partial charge on any atom is -0.399 e. The molecule has 0 saturated carbocycles. The second-order valence-electron chi connectivity index (χ2n) is 4.39. The number of halogens is 3. The van der Waals surface area contributed by atoms with Crippen LogP contribution in [0.4, 0.5) is 20.2 Å². The van der Waals surface area contributed by atoms with Crippen molar-refractivity contribution in [1.29, 1.82) is 0 Å². The lowest BCUT2D eigenvalue weighted by molar-refractivity contribution is 0.0980. The summed E-state index contributed by atoms with van der Waals surface area (Å²) in [6.45, 7) is 1.98. The van der Waals surface area contributed by atoms with Gasteiger partial charge in [0.15, 0.2) is 0 Å². The van der Waals surface area contributed by atoms with Gasteiger partial charge in [-0.3, -0.25) is 4.79 Å². The summed E-state index contributed by atoms with van der Waals surface area (Å²) in [5.41, 5.74) is 6.05. The Morgan fingerprint density at radius 1 is 1.24 bits per heavy atom. The van der Waals surface area contributed by atoms with Crippen LogP contribution in [0.25, 0.3) is 0 Å². The van der Waals surface area contributed by atoms with Crippen LogP contribution in [0.3, 0.4) is 0 Å². The molecule has 0 aromatic heterocycles. The van der Waals surface area contributed by atoms with Crippen LogP contribution in [0.1, 0.15) is 17.3 Å². The molecule has 2 aromatic carbocycles. The van der Waals surface area contributed by atoms with Gasteiger partial charge >= 0.3 is 0 Å². The van der Waals surface area contributed by atoms with Crippen LogP contribution in [-0.4, -0.2) is 12.5 Å². The summed E-state index contributed by atoms with van der Waals surface area (Å²) in [4.78, 5) is 13.7. The first kappa shape index (κ1) is 15.4. The van der Waals surface area contributed by atoms with E-state index in [0.29, 0.717) is 11.4 Å². The molecule has 6 heteroatoms. The lowest BCUT2D eigenvalue weighted by atomic mass is 10.1. The summed E-state index contributed by atoms with van der Waals surface area (Å²) < 4.78 is 28.1. The second-order valence-corrected chi connectivity index (χ2v) is 5.30. The number of carbonyl (C=O) groups excluding carboxylic acids is 1. The molecule has 0 spiro atoms. The molecule has 0 fully saturated rings. The zero-order chi connectivity index (χ0) is 15.6. The molecule has 0 atom stereocenters. The fourth-order valence-electron chi connectivity index (χ4n) is 2.02. The average molecular weight is 355 g/mol. The van der Waals surface area contributed by atoms with Crippen molar-refractivity contribution in [1.82, 2.24) is 0 Å². The number of amides is 1. The largest absolute Gasteiger partial charge is 0.399 e. The maximum absolute atomic E-state index is 13.9. The number of benzene rings is 2. The van der Waals surface area contributed by atoms with Crippen LogP contribution in [0.2, 0.25) is 0 Å². The summed E-state index contributed by atoms with van der Waals surface area (Å²) in [5, 5.41) is 0. The average Bonchev–Trinajstić information content (AvgIpc) is 2.38. The van der Waals surface area contributed by atoms with Gasteiger partial charge < -0.3 is 10.6 Å². The number of hydrogen-bond acceptors (Lipinski definition) is 2. The number of hydrogen-bond donors (Lipinski definition) is 1.